The van der Waals surface area contributed by atoms with Gasteiger partial charge in [0.25, 0.3) is 0 Å². The molecule has 0 aliphatic rings. The lowest BCUT2D eigenvalue weighted by atomic mass is 10.2. The van der Waals surface area contributed by atoms with Gasteiger partial charge in [-0.1, -0.05) is 35.5 Å². The van der Waals surface area contributed by atoms with Gasteiger partial charge in [0.05, 0.1) is 0 Å². The van der Waals surface area contributed by atoms with Gasteiger partial charge in [0.1, 0.15) is 6.54 Å². The molecular weight excluding hydrogens is 351 g/mol. The highest BCUT2D eigenvalue weighted by Gasteiger charge is 2.34. The molecule has 26 heavy (non-hydrogen) atoms. The Morgan fingerprint density at radius 1 is 1.27 bits per heavy atom. The van der Waals surface area contributed by atoms with Crippen molar-refractivity contribution in [2.75, 3.05) is 0 Å². The number of nitrogens with zero attached hydrogens (tertiary/aromatic N) is 4. The van der Waals surface area contributed by atoms with Crippen LogP contribution in [0.2, 0.25) is 0 Å². The number of hydrogen-bond donors (Lipinski definition) is 1. The molecule has 2 aromatic heterocycles. The van der Waals surface area contributed by atoms with Gasteiger partial charge in [0.15, 0.2) is 11.5 Å². The molecule has 1 aromatic carbocycles. The van der Waals surface area contributed by atoms with E-state index in [0.29, 0.717) is 0 Å². The van der Waals surface area contributed by atoms with E-state index < -0.39 is 17.8 Å². The van der Waals surface area contributed by atoms with Gasteiger partial charge in [0.2, 0.25) is 0 Å². The van der Waals surface area contributed by atoms with Crippen LogP contribution in [0.15, 0.2) is 40.9 Å². The maximum Gasteiger partial charge on any atom is 0.435 e. The number of nitrogens with one attached hydrogen (secondary N) is 1. The summed E-state index contributed by atoms with van der Waals surface area (Å²) >= 11 is 0. The van der Waals surface area contributed by atoms with E-state index in [-0.39, 0.29) is 30.5 Å². The van der Waals surface area contributed by atoms with Crippen molar-refractivity contribution in [1.29, 1.82) is 0 Å². The van der Waals surface area contributed by atoms with Crippen LogP contribution in [0.3, 0.4) is 0 Å². The van der Waals surface area contributed by atoms with E-state index in [1.807, 2.05) is 30.3 Å². The number of carbonyl (C=O) groups is 1. The van der Waals surface area contributed by atoms with Crippen LogP contribution < -0.4 is 5.32 Å². The van der Waals surface area contributed by atoms with Crippen LogP contribution in [0.1, 0.15) is 33.5 Å². The van der Waals surface area contributed by atoms with Crippen LogP contribution in [0.25, 0.3) is 0 Å². The quantitative estimate of drug-likeness (QED) is 0.751. The molecule has 3 rings (SSSR count). The van der Waals surface area contributed by atoms with Crippen molar-refractivity contribution in [2.45, 2.75) is 26.2 Å². The molecule has 3 aromatic rings. The standard InChI is InChI=1S/C16H14F3N5O2/c1-10-7-12(16(17,18)19)22-24(10)9-13-21-15(26-23-13)14(25)20-8-11-5-3-2-4-6-11/h2-7H,8-9H2,1H3,(H,20,25). The van der Waals surface area contributed by atoms with Crippen molar-refractivity contribution in [2.24, 2.45) is 0 Å². The first kappa shape index (κ1) is 17.6. The van der Waals surface area contributed by atoms with Gasteiger partial charge in [-0.15, -0.1) is 0 Å². The third kappa shape index (κ3) is 4.08. The first-order valence-electron chi connectivity index (χ1n) is 7.59. The number of aromatic nitrogens is 4. The molecule has 0 aliphatic carbocycles. The topological polar surface area (TPSA) is 85.8 Å². The molecule has 0 aliphatic heterocycles. The van der Waals surface area contributed by atoms with E-state index in [1.165, 1.54) is 6.92 Å². The van der Waals surface area contributed by atoms with E-state index in [9.17, 15) is 18.0 Å². The van der Waals surface area contributed by atoms with Gasteiger partial charge in [-0.2, -0.15) is 23.3 Å². The zero-order chi connectivity index (χ0) is 18.7. The molecule has 2 heterocycles. The van der Waals surface area contributed by atoms with E-state index in [0.717, 1.165) is 16.3 Å². The smallest absolute Gasteiger partial charge is 0.344 e. The van der Waals surface area contributed by atoms with Crippen molar-refractivity contribution in [3.8, 4) is 0 Å². The van der Waals surface area contributed by atoms with Crippen molar-refractivity contribution in [3.05, 3.63) is 65.1 Å². The van der Waals surface area contributed by atoms with Crippen molar-refractivity contribution in [3.63, 3.8) is 0 Å². The molecule has 0 radical (unpaired) electrons. The molecule has 0 atom stereocenters. The number of halogens is 3. The SMILES string of the molecule is Cc1cc(C(F)(F)F)nn1Cc1noc(C(=O)NCc2ccccc2)n1. The Hall–Kier alpha value is -3.17. The minimum Gasteiger partial charge on any atom is -0.344 e. The molecule has 0 saturated heterocycles. The van der Waals surface area contributed by atoms with Gasteiger partial charge in [0, 0.05) is 12.2 Å². The van der Waals surface area contributed by atoms with E-state index in [1.54, 1.807) is 0 Å². The first-order valence-corrected chi connectivity index (χ1v) is 7.59. The zero-order valence-electron chi connectivity index (χ0n) is 13.6. The summed E-state index contributed by atoms with van der Waals surface area (Å²) in [5.74, 6) is -0.785. The highest BCUT2D eigenvalue weighted by molar-refractivity contribution is 5.89. The fraction of sp³-hybridized carbons (Fsp3) is 0.250. The largest absolute Gasteiger partial charge is 0.435 e. The summed E-state index contributed by atoms with van der Waals surface area (Å²) in [4.78, 5) is 15.9. The van der Waals surface area contributed by atoms with Gasteiger partial charge in [-0.05, 0) is 18.6 Å². The first-order chi connectivity index (χ1) is 12.3. The summed E-state index contributed by atoms with van der Waals surface area (Å²) in [7, 11) is 0. The molecule has 0 saturated carbocycles. The minimum atomic E-state index is -4.53. The minimum absolute atomic E-state index is 0.0507. The van der Waals surface area contributed by atoms with Gasteiger partial charge in [-0.25, -0.2) is 0 Å². The van der Waals surface area contributed by atoms with Crippen LogP contribution in [-0.4, -0.2) is 25.8 Å². The molecule has 7 nitrogen and oxygen atoms in total. The molecule has 1 N–H and O–H groups in total. The fourth-order valence-electron chi connectivity index (χ4n) is 2.21. The number of rotatable bonds is 5. The summed E-state index contributed by atoms with van der Waals surface area (Å²) in [5, 5.41) is 9.71. The third-order valence-electron chi connectivity index (χ3n) is 3.52. The third-order valence-corrected chi connectivity index (χ3v) is 3.52. The monoisotopic (exact) mass is 365 g/mol. The van der Waals surface area contributed by atoms with Gasteiger partial charge in [-0.3, -0.25) is 9.48 Å². The summed E-state index contributed by atoms with van der Waals surface area (Å²) in [5.41, 5.74) is 0.184. The normalized spacial score (nSPS) is 11.5. The second-order valence-electron chi connectivity index (χ2n) is 5.51. The lowest BCUT2D eigenvalue weighted by Gasteiger charge is -2.02. The van der Waals surface area contributed by atoms with Crippen LogP contribution >= 0.6 is 0 Å². The molecule has 0 bridgehead atoms. The number of carbonyl (C=O) groups excluding carboxylic acids is 1. The number of hydrogen-bond acceptors (Lipinski definition) is 5. The molecule has 0 unspecified atom stereocenters. The van der Waals surface area contributed by atoms with Crippen molar-refractivity contribution >= 4 is 5.91 Å². The van der Waals surface area contributed by atoms with Crippen LogP contribution in [0.4, 0.5) is 13.2 Å². The van der Waals surface area contributed by atoms with E-state index in [4.69, 9.17) is 4.52 Å². The Morgan fingerprint density at radius 2 is 2.00 bits per heavy atom. The number of amides is 1. The van der Waals surface area contributed by atoms with Gasteiger partial charge >= 0.3 is 18.0 Å². The zero-order valence-corrected chi connectivity index (χ0v) is 13.6. The molecule has 136 valence electrons. The Bertz CT molecular complexity index is 902. The lowest BCUT2D eigenvalue weighted by molar-refractivity contribution is -0.141. The summed E-state index contributed by atoms with van der Waals surface area (Å²) in [6.45, 7) is 1.62. The Labute approximate surface area is 145 Å². The summed E-state index contributed by atoms with van der Waals surface area (Å²) < 4.78 is 44.0. The Kier molecular flexibility index (Phi) is 4.74. The Balaban J connectivity index is 1.64. The van der Waals surface area contributed by atoms with Crippen LogP contribution in [0, 0.1) is 6.92 Å². The van der Waals surface area contributed by atoms with Crippen LogP contribution in [0.5, 0.6) is 0 Å². The average molecular weight is 365 g/mol. The maximum atomic E-state index is 12.7. The fourth-order valence-corrected chi connectivity index (χ4v) is 2.21. The molecule has 1 amide bonds. The highest BCUT2D eigenvalue weighted by Crippen LogP contribution is 2.28. The predicted molar refractivity (Wildman–Crippen MR) is 83.0 cm³/mol. The predicted octanol–water partition coefficient (Wildman–Crippen LogP) is 2.57. The number of aryl methyl sites for hydroxylation is 1. The number of alkyl halides is 3. The average Bonchev–Trinajstić information content (AvgIpc) is 3.21. The maximum absolute atomic E-state index is 12.7. The molecular formula is C16H14F3N5O2. The van der Waals surface area contributed by atoms with E-state index in [2.05, 4.69) is 20.6 Å². The van der Waals surface area contributed by atoms with Crippen molar-refractivity contribution < 1.29 is 22.5 Å². The second-order valence-corrected chi connectivity index (χ2v) is 5.51. The second kappa shape index (κ2) is 6.98. The Morgan fingerprint density at radius 3 is 2.65 bits per heavy atom. The van der Waals surface area contributed by atoms with E-state index >= 15 is 0 Å². The van der Waals surface area contributed by atoms with Crippen molar-refractivity contribution in [1.82, 2.24) is 25.2 Å². The number of benzene rings is 1. The molecule has 10 heteroatoms. The lowest BCUT2D eigenvalue weighted by Crippen LogP contribution is -2.23. The van der Waals surface area contributed by atoms with Crippen LogP contribution in [-0.2, 0) is 19.3 Å². The summed E-state index contributed by atoms with van der Waals surface area (Å²) in [6, 6.07) is 10.2. The molecule has 0 fully saturated rings. The summed E-state index contributed by atoms with van der Waals surface area (Å²) in [6.07, 6.45) is -4.53. The van der Waals surface area contributed by atoms with Gasteiger partial charge < -0.3 is 9.84 Å². The highest BCUT2D eigenvalue weighted by atomic mass is 19.4. The molecule has 0 spiro atoms.